The zero-order valence-electron chi connectivity index (χ0n) is 9.31. The molecule has 5 nitrogen and oxygen atoms in total. The summed E-state index contributed by atoms with van der Waals surface area (Å²) in [6.07, 6.45) is 0. The summed E-state index contributed by atoms with van der Waals surface area (Å²) in [7, 11) is -2.66. The minimum absolute atomic E-state index is 0.378. The number of sulfonamides is 1. The molecule has 0 aliphatic rings. The molecule has 94 valence electrons. The smallest absolute Gasteiger partial charge is 0.325 e. The Morgan fingerprint density at radius 3 is 2.53 bits per heavy atom. The Kier molecular flexibility index (Phi) is 4.53. The van der Waals surface area contributed by atoms with Gasteiger partial charge in [0.15, 0.2) is 5.25 Å². The third-order valence-corrected chi connectivity index (χ3v) is 4.44. The van der Waals surface area contributed by atoms with Crippen molar-refractivity contribution in [3.05, 3.63) is 28.7 Å². The van der Waals surface area contributed by atoms with Crippen molar-refractivity contribution in [1.29, 1.82) is 0 Å². The summed E-state index contributed by atoms with van der Waals surface area (Å²) in [4.78, 5) is 11.2. The molecule has 0 heterocycles. The Hall–Kier alpha value is -1.08. The van der Waals surface area contributed by atoms with Crippen LogP contribution in [-0.2, 0) is 19.6 Å². The highest BCUT2D eigenvalue weighted by molar-refractivity contribution is 9.10. The third kappa shape index (κ3) is 3.44. The molecule has 17 heavy (non-hydrogen) atoms. The molecule has 1 N–H and O–H groups in total. The molecule has 1 aromatic rings. The van der Waals surface area contributed by atoms with E-state index in [2.05, 4.69) is 25.4 Å². The lowest BCUT2D eigenvalue weighted by Gasteiger charge is -2.13. The van der Waals surface area contributed by atoms with Crippen molar-refractivity contribution < 1.29 is 17.9 Å². The SMILES string of the molecule is COC(=O)C(C)S(=O)(=O)Nc1ccccc1Br. The van der Waals surface area contributed by atoms with Crippen LogP contribution in [0.25, 0.3) is 0 Å². The number of carbonyl (C=O) groups excluding carboxylic acids is 1. The van der Waals surface area contributed by atoms with Gasteiger partial charge in [0.25, 0.3) is 0 Å². The van der Waals surface area contributed by atoms with Gasteiger partial charge >= 0.3 is 5.97 Å². The Morgan fingerprint density at radius 1 is 1.41 bits per heavy atom. The van der Waals surface area contributed by atoms with Crippen LogP contribution in [0.15, 0.2) is 28.7 Å². The summed E-state index contributed by atoms with van der Waals surface area (Å²) in [5.41, 5.74) is 0.378. The maximum absolute atomic E-state index is 11.8. The molecular formula is C10H12BrNO4S. The second-order valence-corrected chi connectivity index (χ2v) is 6.15. The fourth-order valence-corrected chi connectivity index (χ4v) is 2.60. The second kappa shape index (κ2) is 5.50. The van der Waals surface area contributed by atoms with Gasteiger partial charge in [0.05, 0.1) is 12.8 Å². The Morgan fingerprint density at radius 2 is 2.00 bits per heavy atom. The molecule has 0 saturated carbocycles. The van der Waals surface area contributed by atoms with E-state index >= 15 is 0 Å². The molecule has 0 radical (unpaired) electrons. The van der Waals surface area contributed by atoms with Gasteiger partial charge in [-0.3, -0.25) is 9.52 Å². The lowest BCUT2D eigenvalue weighted by Crippen LogP contribution is -2.33. The van der Waals surface area contributed by atoms with Crippen LogP contribution < -0.4 is 4.72 Å². The fraction of sp³-hybridized carbons (Fsp3) is 0.300. The van der Waals surface area contributed by atoms with Crippen LogP contribution in [0.1, 0.15) is 6.92 Å². The number of nitrogens with one attached hydrogen (secondary N) is 1. The topological polar surface area (TPSA) is 72.5 Å². The molecule has 0 bridgehead atoms. The van der Waals surface area contributed by atoms with E-state index in [1.165, 1.54) is 6.92 Å². The summed E-state index contributed by atoms with van der Waals surface area (Å²) in [5.74, 6) is -0.801. The van der Waals surface area contributed by atoms with E-state index in [-0.39, 0.29) is 0 Å². The number of hydrogen-bond donors (Lipinski definition) is 1. The van der Waals surface area contributed by atoms with Crippen molar-refractivity contribution in [3.8, 4) is 0 Å². The average Bonchev–Trinajstić information content (AvgIpc) is 2.30. The van der Waals surface area contributed by atoms with Crippen LogP contribution in [0.5, 0.6) is 0 Å². The van der Waals surface area contributed by atoms with Crippen LogP contribution in [0.4, 0.5) is 5.69 Å². The van der Waals surface area contributed by atoms with Crippen molar-refractivity contribution >= 4 is 37.6 Å². The summed E-state index contributed by atoms with van der Waals surface area (Å²) < 4.78 is 31.0. The predicted octanol–water partition coefficient (Wildman–Crippen LogP) is 1.75. The standard InChI is InChI=1S/C10H12BrNO4S/c1-7(10(13)16-2)17(14,15)12-9-6-4-3-5-8(9)11/h3-7,12H,1-2H3. The van der Waals surface area contributed by atoms with Crippen molar-refractivity contribution in [2.24, 2.45) is 0 Å². The largest absolute Gasteiger partial charge is 0.468 e. The van der Waals surface area contributed by atoms with E-state index in [9.17, 15) is 13.2 Å². The van der Waals surface area contributed by atoms with Gasteiger partial charge in [-0.25, -0.2) is 8.42 Å². The van der Waals surface area contributed by atoms with E-state index < -0.39 is 21.2 Å². The minimum atomic E-state index is -3.80. The van der Waals surface area contributed by atoms with Crippen LogP contribution >= 0.6 is 15.9 Å². The lowest BCUT2D eigenvalue weighted by molar-refractivity contribution is -0.139. The zero-order chi connectivity index (χ0) is 13.1. The fourth-order valence-electron chi connectivity index (χ4n) is 1.08. The van der Waals surface area contributed by atoms with Gasteiger partial charge in [-0.15, -0.1) is 0 Å². The number of halogens is 1. The lowest BCUT2D eigenvalue weighted by atomic mass is 10.3. The van der Waals surface area contributed by atoms with Gasteiger partial charge in [0.1, 0.15) is 0 Å². The Labute approximate surface area is 108 Å². The molecule has 0 aromatic heterocycles. The summed E-state index contributed by atoms with van der Waals surface area (Å²) in [5, 5.41) is -1.26. The van der Waals surface area contributed by atoms with Crippen LogP contribution in [0.2, 0.25) is 0 Å². The number of para-hydroxylation sites is 1. The first-order chi connectivity index (χ1) is 7.88. The molecule has 7 heteroatoms. The highest BCUT2D eigenvalue weighted by Gasteiger charge is 2.29. The first-order valence-corrected chi connectivity index (χ1v) is 7.06. The van der Waals surface area contributed by atoms with Crippen molar-refractivity contribution in [2.75, 3.05) is 11.8 Å². The van der Waals surface area contributed by atoms with Gasteiger partial charge in [-0.2, -0.15) is 0 Å². The van der Waals surface area contributed by atoms with E-state index in [4.69, 9.17) is 0 Å². The molecule has 0 spiro atoms. The molecule has 0 amide bonds. The maximum atomic E-state index is 11.8. The molecule has 1 unspecified atom stereocenters. The molecule has 0 aliphatic carbocycles. The summed E-state index contributed by atoms with van der Waals surface area (Å²) >= 11 is 3.21. The zero-order valence-corrected chi connectivity index (χ0v) is 11.7. The monoisotopic (exact) mass is 321 g/mol. The number of methoxy groups -OCH3 is 1. The van der Waals surface area contributed by atoms with Gasteiger partial charge in [0, 0.05) is 4.47 Å². The molecule has 0 saturated heterocycles. The van der Waals surface area contributed by atoms with Crippen molar-refractivity contribution in [3.63, 3.8) is 0 Å². The van der Waals surface area contributed by atoms with Crippen molar-refractivity contribution in [2.45, 2.75) is 12.2 Å². The normalized spacial score (nSPS) is 12.9. The van der Waals surface area contributed by atoms with Crippen LogP contribution in [0.3, 0.4) is 0 Å². The van der Waals surface area contributed by atoms with E-state index in [1.807, 2.05) is 0 Å². The Balaban J connectivity index is 2.95. The maximum Gasteiger partial charge on any atom is 0.325 e. The van der Waals surface area contributed by atoms with Crippen LogP contribution in [-0.4, -0.2) is 26.7 Å². The number of rotatable bonds is 4. The summed E-state index contributed by atoms with van der Waals surface area (Å²) in [6.45, 7) is 1.27. The van der Waals surface area contributed by atoms with Gasteiger partial charge in [0.2, 0.25) is 10.0 Å². The first-order valence-electron chi connectivity index (χ1n) is 4.72. The summed E-state index contributed by atoms with van der Waals surface area (Å²) in [6, 6.07) is 6.73. The quantitative estimate of drug-likeness (QED) is 0.857. The highest BCUT2D eigenvalue weighted by atomic mass is 79.9. The van der Waals surface area contributed by atoms with Crippen LogP contribution in [0, 0.1) is 0 Å². The number of benzene rings is 1. The van der Waals surface area contributed by atoms with Gasteiger partial charge < -0.3 is 4.74 Å². The Bertz CT molecular complexity index is 515. The van der Waals surface area contributed by atoms with E-state index in [1.54, 1.807) is 24.3 Å². The van der Waals surface area contributed by atoms with Gasteiger partial charge in [-0.1, -0.05) is 12.1 Å². The predicted molar refractivity (Wildman–Crippen MR) is 68.2 cm³/mol. The van der Waals surface area contributed by atoms with Crippen molar-refractivity contribution in [1.82, 2.24) is 0 Å². The third-order valence-electron chi connectivity index (χ3n) is 2.12. The van der Waals surface area contributed by atoms with E-state index in [0.29, 0.717) is 10.2 Å². The highest BCUT2D eigenvalue weighted by Crippen LogP contribution is 2.23. The second-order valence-electron chi connectivity index (χ2n) is 3.29. The molecule has 0 aliphatic heterocycles. The average molecular weight is 322 g/mol. The molecule has 1 atom stereocenters. The van der Waals surface area contributed by atoms with Gasteiger partial charge in [-0.05, 0) is 35.0 Å². The number of esters is 1. The number of hydrogen-bond acceptors (Lipinski definition) is 4. The molecule has 0 fully saturated rings. The first kappa shape index (κ1) is 14.0. The number of ether oxygens (including phenoxy) is 1. The van der Waals surface area contributed by atoms with E-state index in [0.717, 1.165) is 7.11 Å². The minimum Gasteiger partial charge on any atom is -0.468 e. The number of anilines is 1. The number of carbonyl (C=O) groups is 1. The molecule has 1 rings (SSSR count). The molecule has 1 aromatic carbocycles. The molecular weight excluding hydrogens is 310 g/mol.